The number of halogens is 2. The molecule has 0 amide bonds. The van der Waals surface area contributed by atoms with Gasteiger partial charge in [0.1, 0.15) is 11.5 Å². The molecule has 0 spiro atoms. The molecule has 0 N–H and O–H groups in total. The van der Waals surface area contributed by atoms with Crippen molar-refractivity contribution in [1.29, 1.82) is 0 Å². The fourth-order valence-corrected chi connectivity index (χ4v) is 4.34. The van der Waals surface area contributed by atoms with Crippen LogP contribution in [0, 0.1) is 0 Å². The summed E-state index contributed by atoms with van der Waals surface area (Å²) in [4.78, 5) is 0. The Bertz CT molecular complexity index is 2420. The highest BCUT2D eigenvalue weighted by molar-refractivity contribution is 9.10. The molecule has 1 aromatic heterocycles. The highest BCUT2D eigenvalue weighted by Crippen LogP contribution is 2.37. The molecular formula is C30H19BrClNO. The maximum absolute atomic E-state index is 9.14. The fraction of sp³-hybridized carbons (Fsp3) is 0. The lowest BCUT2D eigenvalue weighted by Gasteiger charge is -2.15. The number of para-hydroxylation sites is 3. The van der Waals surface area contributed by atoms with Crippen molar-refractivity contribution in [3.8, 4) is 28.3 Å². The summed E-state index contributed by atoms with van der Waals surface area (Å²) in [7, 11) is 0. The number of nitrogens with zero attached hydrogens (tertiary/aromatic N) is 1. The van der Waals surface area contributed by atoms with Crippen LogP contribution in [0.2, 0.25) is 5.02 Å². The molecule has 0 unspecified atom stereocenters. The Morgan fingerprint density at radius 3 is 2.12 bits per heavy atom. The molecule has 6 aromatic rings. The average Bonchev–Trinajstić information content (AvgIpc) is 3.42. The van der Waals surface area contributed by atoms with E-state index in [2.05, 4.69) is 15.9 Å². The Labute approximate surface area is 233 Å². The first kappa shape index (κ1) is 9.99. The molecule has 0 radical (unpaired) electrons. The smallest absolute Gasteiger partial charge is 0.130 e. The molecule has 0 saturated carbocycles. The first-order valence-corrected chi connectivity index (χ1v) is 10.9. The molecule has 0 saturated heterocycles. The van der Waals surface area contributed by atoms with Crippen molar-refractivity contribution in [3.63, 3.8) is 0 Å². The van der Waals surface area contributed by atoms with Crippen molar-refractivity contribution in [3.05, 3.63) is 124 Å². The van der Waals surface area contributed by atoms with Crippen LogP contribution in [0.15, 0.2) is 119 Å². The Hall–Kier alpha value is -3.53. The Morgan fingerprint density at radius 1 is 0.706 bits per heavy atom. The standard InChI is InChI=1S/C30H19BrClNO/c31-21-17-22(32)19-24(18-21)34-23-9-7-8-20(16-23)25-10-1-4-13-28(25)33-29-14-5-2-11-26(29)27-12-3-6-15-30(27)33/h1-19H/i1D,2D,3D,4D,5D,6D,7D,8D,9D,10D,11D,12D,13D,14D,15D,16D. The van der Waals surface area contributed by atoms with Crippen LogP contribution in [0.1, 0.15) is 21.9 Å². The minimum Gasteiger partial charge on any atom is -0.457 e. The van der Waals surface area contributed by atoms with Crippen LogP contribution in [0.5, 0.6) is 11.5 Å². The predicted molar refractivity (Wildman–Crippen MR) is 145 cm³/mol. The summed E-state index contributed by atoms with van der Waals surface area (Å²) in [6.45, 7) is 0. The van der Waals surface area contributed by atoms with E-state index in [0.29, 0.717) is 4.47 Å². The van der Waals surface area contributed by atoms with Gasteiger partial charge in [0.2, 0.25) is 0 Å². The zero-order valence-corrected chi connectivity index (χ0v) is 19.2. The lowest BCUT2D eigenvalue weighted by molar-refractivity contribution is 0.482. The van der Waals surface area contributed by atoms with Gasteiger partial charge in [0.25, 0.3) is 0 Å². The van der Waals surface area contributed by atoms with Gasteiger partial charge in [0, 0.05) is 25.8 Å². The summed E-state index contributed by atoms with van der Waals surface area (Å²) in [6, 6.07) is -8.05. The van der Waals surface area contributed by atoms with Crippen LogP contribution >= 0.6 is 27.5 Å². The number of ether oxygens (including phenoxy) is 1. The molecule has 6 rings (SSSR count). The molecular weight excluding hydrogens is 506 g/mol. The maximum Gasteiger partial charge on any atom is 0.130 e. The summed E-state index contributed by atoms with van der Waals surface area (Å²) in [6.07, 6.45) is 0. The summed E-state index contributed by atoms with van der Waals surface area (Å²) >= 11 is 9.41. The third-order valence-electron chi connectivity index (χ3n) is 4.83. The normalized spacial score (nSPS) is 17.8. The molecule has 1 heterocycles. The van der Waals surface area contributed by atoms with E-state index in [1.807, 2.05) is 0 Å². The molecule has 0 fully saturated rings. The molecule has 34 heavy (non-hydrogen) atoms. The first-order chi connectivity index (χ1) is 23.3. The van der Waals surface area contributed by atoms with Crippen molar-refractivity contribution in [2.24, 2.45) is 0 Å². The molecule has 2 nitrogen and oxygen atoms in total. The average molecular weight is 541 g/mol. The Kier molecular flexibility index (Phi) is 2.55. The van der Waals surface area contributed by atoms with E-state index in [9.17, 15) is 0 Å². The lowest BCUT2D eigenvalue weighted by atomic mass is 10.0. The van der Waals surface area contributed by atoms with Crippen LogP contribution in [-0.2, 0) is 0 Å². The molecule has 164 valence electrons. The van der Waals surface area contributed by atoms with Gasteiger partial charge >= 0.3 is 0 Å². The topological polar surface area (TPSA) is 14.2 Å². The van der Waals surface area contributed by atoms with Gasteiger partial charge in [-0.3, -0.25) is 0 Å². The Balaban J connectivity index is 1.89. The first-order valence-electron chi connectivity index (χ1n) is 17.7. The number of hydrogen-bond donors (Lipinski definition) is 0. The highest BCUT2D eigenvalue weighted by Gasteiger charge is 2.15. The molecule has 4 heteroatoms. The van der Waals surface area contributed by atoms with Crippen molar-refractivity contribution in [2.45, 2.75) is 0 Å². The van der Waals surface area contributed by atoms with E-state index in [1.54, 1.807) is 0 Å². The van der Waals surface area contributed by atoms with Gasteiger partial charge in [-0.15, -0.1) is 0 Å². The highest BCUT2D eigenvalue weighted by atomic mass is 79.9. The Morgan fingerprint density at radius 2 is 1.38 bits per heavy atom. The quantitative estimate of drug-likeness (QED) is 0.217. The van der Waals surface area contributed by atoms with E-state index in [1.165, 1.54) is 18.2 Å². The zero-order chi connectivity index (χ0) is 37.0. The largest absolute Gasteiger partial charge is 0.457 e. The van der Waals surface area contributed by atoms with Crippen LogP contribution in [0.4, 0.5) is 0 Å². The van der Waals surface area contributed by atoms with E-state index in [-0.39, 0.29) is 21.5 Å². The summed E-state index contributed by atoms with van der Waals surface area (Å²) < 4.78 is 146. The maximum atomic E-state index is 9.14. The summed E-state index contributed by atoms with van der Waals surface area (Å²) in [5.74, 6) is -0.571. The lowest BCUT2D eigenvalue weighted by Crippen LogP contribution is -1.97. The van der Waals surface area contributed by atoms with Crippen molar-refractivity contribution < 1.29 is 26.7 Å². The third kappa shape index (κ3) is 3.77. The molecule has 0 bridgehead atoms. The van der Waals surface area contributed by atoms with Gasteiger partial charge in [-0.1, -0.05) is 94.0 Å². The molecule has 0 aliphatic rings. The minimum atomic E-state index is -0.860. The number of benzene rings is 5. The second kappa shape index (κ2) is 8.68. The predicted octanol–water partition coefficient (Wildman–Crippen LogP) is 9.66. The number of rotatable bonds is 4. The molecule has 0 aliphatic heterocycles. The van der Waals surface area contributed by atoms with E-state index < -0.39 is 130 Å². The van der Waals surface area contributed by atoms with Gasteiger partial charge in [0.05, 0.1) is 38.7 Å². The molecule has 0 aliphatic carbocycles. The van der Waals surface area contributed by atoms with Crippen molar-refractivity contribution in [2.75, 3.05) is 0 Å². The van der Waals surface area contributed by atoms with Crippen LogP contribution in [0.25, 0.3) is 38.6 Å². The summed E-state index contributed by atoms with van der Waals surface area (Å²) in [5.41, 5.74) is -2.82. The third-order valence-corrected chi connectivity index (χ3v) is 5.51. The van der Waals surface area contributed by atoms with Crippen LogP contribution < -0.4 is 4.74 Å². The van der Waals surface area contributed by atoms with E-state index in [4.69, 9.17) is 38.3 Å². The van der Waals surface area contributed by atoms with E-state index >= 15 is 0 Å². The van der Waals surface area contributed by atoms with Gasteiger partial charge < -0.3 is 9.30 Å². The minimum absolute atomic E-state index is 0.0130. The van der Waals surface area contributed by atoms with Crippen LogP contribution in [-0.4, -0.2) is 4.57 Å². The number of fused-ring (bicyclic) bond motifs is 3. The van der Waals surface area contributed by atoms with Gasteiger partial charge in [-0.2, -0.15) is 0 Å². The number of hydrogen-bond acceptors (Lipinski definition) is 1. The summed E-state index contributed by atoms with van der Waals surface area (Å²) in [5, 5.41) is -0.533. The zero-order valence-electron chi connectivity index (χ0n) is 32.8. The van der Waals surface area contributed by atoms with Gasteiger partial charge in [-0.05, 0) is 54.0 Å². The van der Waals surface area contributed by atoms with Gasteiger partial charge in [-0.25, -0.2) is 0 Å². The fourth-order valence-electron chi connectivity index (χ4n) is 3.51. The van der Waals surface area contributed by atoms with Crippen molar-refractivity contribution >= 4 is 49.3 Å². The second-order valence-electron chi connectivity index (χ2n) is 6.92. The van der Waals surface area contributed by atoms with Crippen molar-refractivity contribution in [1.82, 2.24) is 4.57 Å². The van der Waals surface area contributed by atoms with Crippen LogP contribution in [0.3, 0.4) is 0 Å². The van der Waals surface area contributed by atoms with E-state index in [0.717, 1.165) is 4.57 Å². The van der Waals surface area contributed by atoms with Gasteiger partial charge in [0.15, 0.2) is 0 Å². The monoisotopic (exact) mass is 539 g/mol. The second-order valence-corrected chi connectivity index (χ2v) is 8.27. The molecule has 0 atom stereocenters. The molecule has 5 aromatic carbocycles. The SMILES string of the molecule is [2H]c1c([2H])c(Oc2cc(Cl)cc(Br)c2)c([2H])c(-c2c([2H])c([2H])c([2H])c([2H])c2-n2c3c([2H])c([2H])c([2H])c([2H])c3c3c([2H])c([2H])c([2H])c([2H])c32)c1[2H]. The number of aromatic nitrogens is 1.